The van der Waals surface area contributed by atoms with Crippen molar-refractivity contribution in [1.29, 1.82) is 0 Å². The summed E-state index contributed by atoms with van der Waals surface area (Å²) in [6, 6.07) is 7.73. The SMILES string of the molecule is COc1ccccc1CCNS(=O)(=O)NC1CCCCC1. The van der Waals surface area contributed by atoms with Crippen LogP contribution in [0.3, 0.4) is 0 Å². The number of para-hydroxylation sites is 1. The van der Waals surface area contributed by atoms with E-state index < -0.39 is 10.2 Å². The predicted octanol–water partition coefficient (Wildman–Crippen LogP) is 1.99. The Bertz CT molecular complexity index is 540. The summed E-state index contributed by atoms with van der Waals surface area (Å²) >= 11 is 0. The van der Waals surface area contributed by atoms with E-state index in [-0.39, 0.29) is 6.04 Å². The largest absolute Gasteiger partial charge is 0.496 e. The van der Waals surface area contributed by atoms with E-state index in [1.165, 1.54) is 6.42 Å². The van der Waals surface area contributed by atoms with E-state index in [9.17, 15) is 8.42 Å². The summed E-state index contributed by atoms with van der Waals surface area (Å²) < 4.78 is 34.6. The van der Waals surface area contributed by atoms with Crippen molar-refractivity contribution < 1.29 is 13.2 Å². The quantitative estimate of drug-likeness (QED) is 0.809. The summed E-state index contributed by atoms with van der Waals surface area (Å²) in [4.78, 5) is 0. The Morgan fingerprint density at radius 1 is 1.19 bits per heavy atom. The highest BCUT2D eigenvalue weighted by molar-refractivity contribution is 7.87. The van der Waals surface area contributed by atoms with Gasteiger partial charge >= 0.3 is 0 Å². The number of hydrogen-bond acceptors (Lipinski definition) is 3. The van der Waals surface area contributed by atoms with Crippen molar-refractivity contribution in [2.24, 2.45) is 0 Å². The van der Waals surface area contributed by atoms with Gasteiger partial charge in [0.15, 0.2) is 0 Å². The average molecular weight is 312 g/mol. The van der Waals surface area contributed by atoms with Crippen LogP contribution in [0.5, 0.6) is 5.75 Å². The third-order valence-electron chi connectivity index (χ3n) is 3.81. The van der Waals surface area contributed by atoms with Gasteiger partial charge in [-0.15, -0.1) is 0 Å². The molecule has 0 spiro atoms. The summed E-state index contributed by atoms with van der Waals surface area (Å²) in [5.74, 6) is 0.789. The third-order valence-corrected chi connectivity index (χ3v) is 5.03. The molecule has 1 aliphatic carbocycles. The molecule has 5 nitrogen and oxygen atoms in total. The van der Waals surface area contributed by atoms with Crippen LogP contribution in [0.1, 0.15) is 37.7 Å². The van der Waals surface area contributed by atoms with Crippen LogP contribution in [0.15, 0.2) is 24.3 Å². The van der Waals surface area contributed by atoms with Gasteiger partial charge in [0, 0.05) is 12.6 Å². The Balaban J connectivity index is 1.81. The number of ether oxygens (including phenoxy) is 1. The van der Waals surface area contributed by atoms with Crippen molar-refractivity contribution in [2.75, 3.05) is 13.7 Å². The van der Waals surface area contributed by atoms with E-state index in [0.717, 1.165) is 37.0 Å². The molecule has 0 unspecified atom stereocenters. The summed E-state index contributed by atoms with van der Waals surface area (Å²) in [5, 5.41) is 0. The molecule has 0 aromatic heterocycles. The summed E-state index contributed by atoms with van der Waals surface area (Å²) in [6.45, 7) is 0.364. The number of benzene rings is 1. The molecule has 1 aromatic rings. The maximum absolute atomic E-state index is 12.0. The van der Waals surface area contributed by atoms with Gasteiger partial charge in [0.05, 0.1) is 7.11 Å². The molecule has 118 valence electrons. The second-order valence-corrected chi connectivity index (χ2v) is 6.94. The lowest BCUT2D eigenvalue weighted by atomic mass is 9.96. The van der Waals surface area contributed by atoms with E-state index in [1.54, 1.807) is 7.11 Å². The Kier molecular flexibility index (Phi) is 6.02. The molecule has 1 aliphatic rings. The van der Waals surface area contributed by atoms with Crippen molar-refractivity contribution in [3.63, 3.8) is 0 Å². The fourth-order valence-corrected chi connectivity index (χ4v) is 3.84. The first-order valence-electron chi connectivity index (χ1n) is 7.49. The molecule has 0 atom stereocenters. The van der Waals surface area contributed by atoms with Crippen LogP contribution in [0.25, 0.3) is 0 Å². The van der Waals surface area contributed by atoms with Crippen molar-refractivity contribution in [3.05, 3.63) is 29.8 Å². The number of rotatable bonds is 7. The lowest BCUT2D eigenvalue weighted by Crippen LogP contribution is -2.44. The van der Waals surface area contributed by atoms with Crippen LogP contribution >= 0.6 is 0 Å². The normalized spacial score (nSPS) is 16.8. The molecule has 0 amide bonds. The van der Waals surface area contributed by atoms with E-state index in [1.807, 2.05) is 24.3 Å². The van der Waals surface area contributed by atoms with Crippen molar-refractivity contribution in [2.45, 2.75) is 44.6 Å². The van der Waals surface area contributed by atoms with Gasteiger partial charge in [0.1, 0.15) is 5.75 Å². The van der Waals surface area contributed by atoms with E-state index >= 15 is 0 Å². The van der Waals surface area contributed by atoms with Gasteiger partial charge in [-0.2, -0.15) is 13.1 Å². The lowest BCUT2D eigenvalue weighted by Gasteiger charge is -2.22. The Labute approximate surface area is 127 Å². The molecule has 1 aromatic carbocycles. The molecule has 0 saturated heterocycles. The van der Waals surface area contributed by atoms with Crippen molar-refractivity contribution >= 4 is 10.2 Å². The fraction of sp³-hybridized carbons (Fsp3) is 0.600. The molecule has 2 N–H and O–H groups in total. The summed E-state index contributed by atoms with van der Waals surface area (Å²) in [7, 11) is -1.79. The first-order valence-corrected chi connectivity index (χ1v) is 8.98. The Morgan fingerprint density at radius 2 is 1.90 bits per heavy atom. The molecule has 0 heterocycles. The lowest BCUT2D eigenvalue weighted by molar-refractivity contribution is 0.407. The standard InChI is InChI=1S/C15H24N2O3S/c1-20-15-10-6-5-7-13(15)11-12-16-21(18,19)17-14-8-3-2-4-9-14/h5-7,10,14,16-17H,2-4,8-9,11-12H2,1H3. The summed E-state index contributed by atoms with van der Waals surface area (Å²) in [6.07, 6.45) is 5.90. The van der Waals surface area contributed by atoms with Crippen molar-refractivity contribution in [1.82, 2.24) is 9.44 Å². The molecular weight excluding hydrogens is 288 g/mol. The van der Waals surface area contributed by atoms with Gasteiger partial charge in [-0.05, 0) is 30.9 Å². The van der Waals surface area contributed by atoms with E-state index in [0.29, 0.717) is 13.0 Å². The Morgan fingerprint density at radius 3 is 2.62 bits per heavy atom. The van der Waals surface area contributed by atoms with Gasteiger partial charge in [-0.25, -0.2) is 4.72 Å². The van der Waals surface area contributed by atoms with Crippen molar-refractivity contribution in [3.8, 4) is 5.75 Å². The zero-order chi connectivity index (χ0) is 15.1. The Hall–Kier alpha value is -1.11. The van der Waals surface area contributed by atoms with Gasteiger partial charge in [-0.3, -0.25) is 0 Å². The second-order valence-electron chi connectivity index (χ2n) is 5.41. The van der Waals surface area contributed by atoms with Crippen LogP contribution in [0, 0.1) is 0 Å². The smallest absolute Gasteiger partial charge is 0.277 e. The minimum atomic E-state index is -3.41. The highest BCUT2D eigenvalue weighted by Crippen LogP contribution is 2.18. The van der Waals surface area contributed by atoms with Crippen LogP contribution in [0.2, 0.25) is 0 Å². The van der Waals surface area contributed by atoms with E-state index in [4.69, 9.17) is 4.74 Å². The molecule has 1 saturated carbocycles. The van der Waals surface area contributed by atoms with Crippen LogP contribution in [-0.4, -0.2) is 28.1 Å². The highest BCUT2D eigenvalue weighted by atomic mass is 32.2. The minimum Gasteiger partial charge on any atom is -0.496 e. The first kappa shape index (κ1) is 16.3. The molecule has 0 bridgehead atoms. The van der Waals surface area contributed by atoms with E-state index in [2.05, 4.69) is 9.44 Å². The number of nitrogens with one attached hydrogen (secondary N) is 2. The van der Waals surface area contributed by atoms with Gasteiger partial charge in [0.25, 0.3) is 10.2 Å². The highest BCUT2D eigenvalue weighted by Gasteiger charge is 2.19. The molecule has 1 fully saturated rings. The molecule has 2 rings (SSSR count). The molecule has 21 heavy (non-hydrogen) atoms. The van der Waals surface area contributed by atoms with Crippen LogP contribution in [-0.2, 0) is 16.6 Å². The van der Waals surface area contributed by atoms with Crippen LogP contribution < -0.4 is 14.2 Å². The first-order chi connectivity index (χ1) is 10.1. The average Bonchev–Trinajstić information content (AvgIpc) is 2.48. The maximum Gasteiger partial charge on any atom is 0.277 e. The minimum absolute atomic E-state index is 0.0857. The topological polar surface area (TPSA) is 67.4 Å². The predicted molar refractivity (Wildman–Crippen MR) is 83.6 cm³/mol. The molecule has 0 aliphatic heterocycles. The molecule has 6 heteroatoms. The van der Waals surface area contributed by atoms with Crippen LogP contribution in [0.4, 0.5) is 0 Å². The second kappa shape index (κ2) is 7.77. The number of methoxy groups -OCH3 is 1. The zero-order valence-electron chi connectivity index (χ0n) is 12.5. The third kappa shape index (κ3) is 5.30. The molecular formula is C15H24N2O3S. The summed E-state index contributed by atoms with van der Waals surface area (Å²) in [5.41, 5.74) is 1.00. The monoisotopic (exact) mass is 312 g/mol. The zero-order valence-corrected chi connectivity index (χ0v) is 13.3. The van der Waals surface area contributed by atoms with Gasteiger partial charge in [-0.1, -0.05) is 37.5 Å². The number of hydrogen-bond donors (Lipinski definition) is 2. The van der Waals surface area contributed by atoms with Gasteiger partial charge in [0.2, 0.25) is 0 Å². The molecule has 0 radical (unpaired) electrons. The van der Waals surface area contributed by atoms with Gasteiger partial charge < -0.3 is 4.74 Å². The fourth-order valence-electron chi connectivity index (χ4n) is 2.71. The maximum atomic E-state index is 12.0.